The second kappa shape index (κ2) is 5.23. The molecule has 0 saturated carbocycles. The van der Waals surface area contributed by atoms with E-state index in [1.807, 2.05) is 12.1 Å². The standard InChI is InChI=1S/C14H14FNS/c1-10-4-2-3-5-11(10)9-17-14-7-6-12(16)8-13(14)15/h2-8H,9,16H2,1H3. The number of hydrogen-bond donors (Lipinski definition) is 1. The molecule has 0 amide bonds. The van der Waals surface area contributed by atoms with Gasteiger partial charge in [-0.2, -0.15) is 0 Å². The lowest BCUT2D eigenvalue weighted by Crippen LogP contribution is -1.90. The van der Waals surface area contributed by atoms with Crippen molar-refractivity contribution in [3.05, 3.63) is 59.4 Å². The van der Waals surface area contributed by atoms with Gasteiger partial charge in [0.05, 0.1) is 0 Å². The van der Waals surface area contributed by atoms with Crippen LogP contribution in [0.15, 0.2) is 47.4 Å². The molecule has 17 heavy (non-hydrogen) atoms. The third-order valence-electron chi connectivity index (χ3n) is 2.60. The third-order valence-corrected chi connectivity index (χ3v) is 3.70. The van der Waals surface area contributed by atoms with Gasteiger partial charge in [-0.05, 0) is 36.2 Å². The lowest BCUT2D eigenvalue weighted by Gasteiger charge is -2.06. The molecule has 0 unspecified atom stereocenters. The predicted molar refractivity (Wildman–Crippen MR) is 71.6 cm³/mol. The van der Waals surface area contributed by atoms with Gasteiger partial charge < -0.3 is 5.73 Å². The molecule has 0 atom stereocenters. The number of thioether (sulfide) groups is 1. The molecule has 2 aromatic carbocycles. The van der Waals surface area contributed by atoms with E-state index >= 15 is 0 Å². The minimum Gasteiger partial charge on any atom is -0.399 e. The van der Waals surface area contributed by atoms with Gasteiger partial charge in [0.25, 0.3) is 0 Å². The van der Waals surface area contributed by atoms with Gasteiger partial charge in [0.1, 0.15) is 5.82 Å². The largest absolute Gasteiger partial charge is 0.399 e. The summed E-state index contributed by atoms with van der Waals surface area (Å²) in [6.45, 7) is 2.06. The molecule has 2 N–H and O–H groups in total. The highest BCUT2D eigenvalue weighted by atomic mass is 32.2. The van der Waals surface area contributed by atoms with Gasteiger partial charge >= 0.3 is 0 Å². The van der Waals surface area contributed by atoms with Crippen molar-refractivity contribution < 1.29 is 4.39 Å². The highest BCUT2D eigenvalue weighted by Gasteiger charge is 2.04. The zero-order valence-electron chi connectivity index (χ0n) is 9.61. The highest BCUT2D eigenvalue weighted by molar-refractivity contribution is 7.98. The van der Waals surface area contributed by atoms with E-state index < -0.39 is 0 Å². The quantitative estimate of drug-likeness (QED) is 0.655. The summed E-state index contributed by atoms with van der Waals surface area (Å²) in [5.41, 5.74) is 8.43. The summed E-state index contributed by atoms with van der Waals surface area (Å²) in [6.07, 6.45) is 0. The van der Waals surface area contributed by atoms with Crippen LogP contribution in [0, 0.1) is 12.7 Å². The van der Waals surface area contributed by atoms with Crippen LogP contribution in [0.5, 0.6) is 0 Å². The Balaban J connectivity index is 2.10. The lowest BCUT2D eigenvalue weighted by molar-refractivity contribution is 0.603. The van der Waals surface area contributed by atoms with Crippen LogP contribution in [0.3, 0.4) is 0 Å². The summed E-state index contributed by atoms with van der Waals surface area (Å²) in [7, 11) is 0. The first-order valence-electron chi connectivity index (χ1n) is 5.39. The monoisotopic (exact) mass is 247 g/mol. The lowest BCUT2D eigenvalue weighted by atomic mass is 10.1. The van der Waals surface area contributed by atoms with Crippen molar-refractivity contribution in [1.29, 1.82) is 0 Å². The van der Waals surface area contributed by atoms with Crippen LogP contribution < -0.4 is 5.73 Å². The maximum Gasteiger partial charge on any atom is 0.138 e. The molecular weight excluding hydrogens is 233 g/mol. The van der Waals surface area contributed by atoms with Crippen LogP contribution in [0.2, 0.25) is 0 Å². The molecule has 0 aliphatic carbocycles. The molecule has 0 aliphatic heterocycles. The molecule has 0 aliphatic rings. The topological polar surface area (TPSA) is 26.0 Å². The maximum absolute atomic E-state index is 13.6. The van der Waals surface area contributed by atoms with Crippen molar-refractivity contribution in [3.8, 4) is 0 Å². The van der Waals surface area contributed by atoms with Crippen molar-refractivity contribution in [3.63, 3.8) is 0 Å². The van der Waals surface area contributed by atoms with Crippen LogP contribution in [-0.4, -0.2) is 0 Å². The number of benzene rings is 2. The normalized spacial score (nSPS) is 10.5. The average Bonchev–Trinajstić information content (AvgIpc) is 2.30. The molecule has 1 nitrogen and oxygen atoms in total. The van der Waals surface area contributed by atoms with Crippen molar-refractivity contribution in [2.75, 3.05) is 5.73 Å². The molecule has 0 aromatic heterocycles. The van der Waals surface area contributed by atoms with Gasteiger partial charge in [0.2, 0.25) is 0 Å². The third kappa shape index (κ3) is 3.01. The van der Waals surface area contributed by atoms with E-state index in [1.54, 1.807) is 12.1 Å². The van der Waals surface area contributed by atoms with Crippen molar-refractivity contribution in [2.45, 2.75) is 17.6 Å². The van der Waals surface area contributed by atoms with Crippen LogP contribution in [0.4, 0.5) is 10.1 Å². The number of nitrogens with two attached hydrogens (primary N) is 1. The molecule has 88 valence electrons. The Morgan fingerprint density at radius 1 is 1.18 bits per heavy atom. The number of nitrogen functional groups attached to an aromatic ring is 1. The van der Waals surface area contributed by atoms with Gasteiger partial charge in [-0.25, -0.2) is 4.39 Å². The summed E-state index contributed by atoms with van der Waals surface area (Å²) >= 11 is 1.49. The van der Waals surface area contributed by atoms with Crippen molar-refractivity contribution >= 4 is 17.4 Å². The van der Waals surface area contributed by atoms with E-state index in [9.17, 15) is 4.39 Å². The fourth-order valence-electron chi connectivity index (χ4n) is 1.56. The molecular formula is C14H14FNS. The Morgan fingerprint density at radius 2 is 1.94 bits per heavy atom. The molecule has 0 bridgehead atoms. The fourth-order valence-corrected chi connectivity index (χ4v) is 2.56. The molecule has 0 fully saturated rings. The summed E-state index contributed by atoms with van der Waals surface area (Å²) in [6, 6.07) is 13.0. The Bertz CT molecular complexity index is 525. The molecule has 3 heteroatoms. The zero-order valence-corrected chi connectivity index (χ0v) is 10.4. The van der Waals surface area contributed by atoms with Gasteiger partial charge in [0.15, 0.2) is 0 Å². The number of anilines is 1. The van der Waals surface area contributed by atoms with Crippen LogP contribution >= 0.6 is 11.8 Å². The van der Waals surface area contributed by atoms with E-state index in [0.717, 1.165) is 5.75 Å². The van der Waals surface area contributed by atoms with Crippen molar-refractivity contribution in [2.24, 2.45) is 0 Å². The van der Waals surface area contributed by atoms with Crippen LogP contribution in [0.1, 0.15) is 11.1 Å². The summed E-state index contributed by atoms with van der Waals surface area (Å²) in [4.78, 5) is 0.641. The second-order valence-corrected chi connectivity index (χ2v) is 4.92. The first kappa shape index (κ1) is 12.0. The molecule has 0 spiro atoms. The predicted octanol–water partition coefficient (Wildman–Crippen LogP) is 4.01. The average molecular weight is 247 g/mol. The van der Waals surface area contributed by atoms with Crippen molar-refractivity contribution in [1.82, 2.24) is 0 Å². The minimum absolute atomic E-state index is 0.247. The molecule has 0 saturated heterocycles. The van der Waals surface area contributed by atoms with Gasteiger partial charge in [-0.3, -0.25) is 0 Å². The molecule has 2 aromatic rings. The maximum atomic E-state index is 13.6. The molecule has 0 radical (unpaired) electrons. The van der Waals surface area contributed by atoms with Gasteiger partial charge in [0, 0.05) is 16.3 Å². The first-order valence-corrected chi connectivity index (χ1v) is 6.37. The Morgan fingerprint density at radius 3 is 2.65 bits per heavy atom. The number of hydrogen-bond acceptors (Lipinski definition) is 2. The van der Waals surface area contributed by atoms with Crippen LogP contribution in [0.25, 0.3) is 0 Å². The smallest absolute Gasteiger partial charge is 0.138 e. The SMILES string of the molecule is Cc1ccccc1CSc1ccc(N)cc1F. The summed E-state index contributed by atoms with van der Waals surface area (Å²) in [5.74, 6) is 0.525. The van der Waals surface area contributed by atoms with Crippen LogP contribution in [-0.2, 0) is 5.75 Å². The van der Waals surface area contributed by atoms with E-state index in [2.05, 4.69) is 19.1 Å². The Kier molecular flexibility index (Phi) is 3.69. The summed E-state index contributed by atoms with van der Waals surface area (Å²) < 4.78 is 13.6. The van der Waals surface area contributed by atoms with E-state index in [4.69, 9.17) is 5.73 Å². The molecule has 2 rings (SSSR count). The van der Waals surface area contributed by atoms with E-state index in [1.165, 1.54) is 29.0 Å². The van der Waals surface area contributed by atoms with E-state index in [-0.39, 0.29) is 5.82 Å². The Hall–Kier alpha value is -1.48. The molecule has 0 heterocycles. The summed E-state index contributed by atoms with van der Waals surface area (Å²) in [5, 5.41) is 0. The minimum atomic E-state index is -0.247. The number of halogens is 1. The first-order chi connectivity index (χ1) is 8.16. The van der Waals surface area contributed by atoms with Gasteiger partial charge in [-0.1, -0.05) is 24.3 Å². The Labute approximate surface area is 105 Å². The fraction of sp³-hybridized carbons (Fsp3) is 0.143. The number of rotatable bonds is 3. The highest BCUT2D eigenvalue weighted by Crippen LogP contribution is 2.27. The van der Waals surface area contributed by atoms with Gasteiger partial charge in [-0.15, -0.1) is 11.8 Å². The number of aryl methyl sites for hydroxylation is 1. The van der Waals surface area contributed by atoms with E-state index in [0.29, 0.717) is 10.6 Å². The second-order valence-electron chi connectivity index (χ2n) is 3.91. The zero-order chi connectivity index (χ0) is 12.3.